The Labute approximate surface area is 449 Å². The van der Waals surface area contributed by atoms with Gasteiger partial charge in [-0.25, -0.2) is 14.4 Å². The number of ether oxygens (including phenoxy) is 3. The first-order valence-corrected chi connectivity index (χ1v) is 25.4. The van der Waals surface area contributed by atoms with E-state index in [0.717, 1.165) is 59.5 Å². The molecule has 9 rings (SSSR count). The molecular formula is C54H55Br3N6O10. The third kappa shape index (κ3) is 14.5. The van der Waals surface area contributed by atoms with Gasteiger partial charge in [-0.15, -0.1) is 0 Å². The van der Waals surface area contributed by atoms with Crippen molar-refractivity contribution in [2.75, 3.05) is 88.5 Å². The van der Waals surface area contributed by atoms with Gasteiger partial charge in [0.1, 0.15) is 17.2 Å². The van der Waals surface area contributed by atoms with Crippen LogP contribution in [0.5, 0.6) is 17.2 Å². The van der Waals surface area contributed by atoms with Crippen LogP contribution in [-0.2, 0) is 16.1 Å². The highest BCUT2D eigenvalue weighted by molar-refractivity contribution is 9.11. The lowest BCUT2D eigenvalue weighted by atomic mass is 10.1. The zero-order valence-electron chi connectivity index (χ0n) is 40.4. The smallest absolute Gasteiger partial charge is 0.373 e. The molecule has 3 saturated heterocycles. The second kappa shape index (κ2) is 27.4. The van der Waals surface area contributed by atoms with E-state index in [1.165, 1.54) is 0 Å². The SMILES string of the molecule is COc1cccc(C(CO)N2CCN(c3ccc(Br)cc3)C2=O)c1.COc1cccc(C(CO)N2CCN(c3ccc(Br)cc3)C2=O)c1.COc1cccc(CN2CCN(c3ccc(Br)cc3)C2=O)c1.O=C=O. The van der Waals surface area contributed by atoms with Crippen LogP contribution in [0.2, 0.25) is 0 Å². The average Bonchev–Trinajstić information content (AvgIpc) is 4.11. The Hall–Kier alpha value is -6.73. The van der Waals surface area contributed by atoms with Crippen molar-refractivity contribution in [2.24, 2.45) is 0 Å². The number of anilines is 3. The van der Waals surface area contributed by atoms with E-state index in [1.54, 1.807) is 40.9 Å². The Balaban J connectivity index is 0.000000174. The largest absolute Gasteiger partial charge is 0.497 e. The zero-order chi connectivity index (χ0) is 52.4. The Morgan fingerprint density at radius 2 is 0.822 bits per heavy atom. The molecule has 3 aliphatic heterocycles. The van der Waals surface area contributed by atoms with E-state index in [0.29, 0.717) is 50.8 Å². The predicted octanol–water partition coefficient (Wildman–Crippen LogP) is 10.2. The second-order valence-electron chi connectivity index (χ2n) is 16.4. The molecule has 73 heavy (non-hydrogen) atoms. The van der Waals surface area contributed by atoms with Crippen molar-refractivity contribution in [2.45, 2.75) is 18.6 Å². The highest BCUT2D eigenvalue weighted by Crippen LogP contribution is 2.33. The van der Waals surface area contributed by atoms with Crippen LogP contribution in [0.1, 0.15) is 28.8 Å². The standard InChI is InChI=1S/2C18H19BrN2O3.C17H17BrN2O2.CO2/c2*1-24-16-4-2-3-13(11-16)17(12-22)21-10-9-20(18(21)23)15-7-5-14(19)6-8-15;1-22-16-4-2-3-13(11-16)12-19-9-10-20(17(19)21)15-7-5-14(18)6-8-15;2-1-3/h2*2-8,11,17,22H,9-10,12H2,1H3;2-8,11H,9-10,12H2,1H3;. The minimum Gasteiger partial charge on any atom is -0.497 e. The van der Waals surface area contributed by atoms with E-state index >= 15 is 0 Å². The number of hydrogen-bond donors (Lipinski definition) is 2. The lowest BCUT2D eigenvalue weighted by Gasteiger charge is -2.27. The van der Waals surface area contributed by atoms with Gasteiger partial charge in [-0.3, -0.25) is 14.7 Å². The van der Waals surface area contributed by atoms with Crippen molar-refractivity contribution in [3.8, 4) is 17.2 Å². The van der Waals surface area contributed by atoms with Crippen molar-refractivity contribution in [1.82, 2.24) is 14.7 Å². The Morgan fingerprint density at radius 3 is 1.19 bits per heavy atom. The average molecular weight is 1190 g/mol. The molecule has 3 heterocycles. The number of methoxy groups -OCH3 is 3. The van der Waals surface area contributed by atoms with E-state index < -0.39 is 0 Å². The molecule has 382 valence electrons. The number of rotatable bonds is 14. The summed E-state index contributed by atoms with van der Waals surface area (Å²) in [6.07, 6.45) is 0.250. The summed E-state index contributed by atoms with van der Waals surface area (Å²) in [4.78, 5) is 65.0. The fourth-order valence-corrected chi connectivity index (χ4v) is 9.25. The van der Waals surface area contributed by atoms with Crippen molar-refractivity contribution in [1.29, 1.82) is 0 Å². The Morgan fingerprint density at radius 1 is 0.479 bits per heavy atom. The van der Waals surface area contributed by atoms with Crippen LogP contribution in [0.15, 0.2) is 159 Å². The van der Waals surface area contributed by atoms with Crippen LogP contribution in [0.3, 0.4) is 0 Å². The quantitative estimate of drug-likeness (QED) is 0.107. The second-order valence-corrected chi connectivity index (χ2v) is 19.2. The van der Waals surface area contributed by atoms with Crippen LogP contribution < -0.4 is 28.9 Å². The maximum absolute atomic E-state index is 12.8. The van der Waals surface area contributed by atoms with E-state index in [-0.39, 0.29) is 49.5 Å². The number of aliphatic hydroxyl groups is 2. The predicted molar refractivity (Wildman–Crippen MR) is 288 cm³/mol. The summed E-state index contributed by atoms with van der Waals surface area (Å²) in [5, 5.41) is 19.7. The van der Waals surface area contributed by atoms with E-state index in [4.69, 9.17) is 23.8 Å². The summed E-state index contributed by atoms with van der Waals surface area (Å²) in [6, 6.07) is 45.0. The molecule has 16 nitrogen and oxygen atoms in total. The molecule has 2 N–H and O–H groups in total. The van der Waals surface area contributed by atoms with Gasteiger partial charge in [0.2, 0.25) is 0 Å². The molecular weight excluding hydrogens is 1130 g/mol. The number of hydrogen-bond acceptors (Lipinski definition) is 10. The lowest BCUT2D eigenvalue weighted by Crippen LogP contribution is -2.36. The van der Waals surface area contributed by atoms with Crippen LogP contribution in [-0.4, -0.2) is 123 Å². The van der Waals surface area contributed by atoms with Crippen LogP contribution >= 0.6 is 47.8 Å². The fraction of sp³-hybridized carbons (Fsp3) is 0.259. The molecule has 0 saturated carbocycles. The van der Waals surface area contributed by atoms with E-state index in [9.17, 15) is 24.6 Å². The normalized spacial score (nSPS) is 14.8. The highest BCUT2D eigenvalue weighted by Gasteiger charge is 2.37. The minimum absolute atomic E-state index is 0.0464. The number of nitrogens with zero attached hydrogens (tertiary/aromatic N) is 6. The number of halogens is 3. The number of aliphatic hydroxyl groups excluding tert-OH is 2. The van der Waals surface area contributed by atoms with Gasteiger partial charge >= 0.3 is 24.2 Å². The summed E-state index contributed by atoms with van der Waals surface area (Å²) in [5.74, 6) is 2.23. The molecule has 2 atom stereocenters. The molecule has 0 aliphatic carbocycles. The molecule has 0 spiro atoms. The molecule has 0 bridgehead atoms. The summed E-state index contributed by atoms with van der Waals surface area (Å²) in [7, 11) is 4.85. The van der Waals surface area contributed by atoms with Gasteiger partial charge in [0.15, 0.2) is 0 Å². The van der Waals surface area contributed by atoms with Gasteiger partial charge in [-0.05, 0) is 126 Å². The summed E-state index contributed by atoms with van der Waals surface area (Å²) < 4.78 is 18.7. The summed E-state index contributed by atoms with van der Waals surface area (Å²) >= 11 is 10.2. The highest BCUT2D eigenvalue weighted by atomic mass is 79.9. The monoisotopic (exact) mass is 1180 g/mol. The van der Waals surface area contributed by atoms with E-state index in [2.05, 4.69) is 47.8 Å². The van der Waals surface area contributed by atoms with Gasteiger partial charge in [-0.1, -0.05) is 84.2 Å². The van der Waals surface area contributed by atoms with Gasteiger partial charge in [-0.2, -0.15) is 9.59 Å². The third-order valence-electron chi connectivity index (χ3n) is 12.2. The number of carbonyl (C=O) groups is 3. The van der Waals surface area contributed by atoms with Gasteiger partial charge in [0.05, 0.1) is 46.6 Å². The first kappa shape index (κ1) is 55.6. The number of urea groups is 3. The van der Waals surface area contributed by atoms with Gasteiger partial charge < -0.3 is 39.1 Å². The van der Waals surface area contributed by atoms with Crippen LogP contribution in [0, 0.1) is 0 Å². The maximum Gasteiger partial charge on any atom is 0.373 e. The molecule has 19 heteroatoms. The molecule has 6 amide bonds. The fourth-order valence-electron chi connectivity index (χ4n) is 8.45. The molecule has 0 aromatic heterocycles. The maximum atomic E-state index is 12.8. The van der Waals surface area contributed by atoms with Crippen molar-refractivity contribution < 1.29 is 48.4 Å². The van der Waals surface area contributed by atoms with Crippen LogP contribution in [0.4, 0.5) is 31.4 Å². The molecule has 3 aliphatic rings. The number of amides is 6. The lowest BCUT2D eigenvalue weighted by molar-refractivity contribution is -0.191. The molecule has 2 unspecified atom stereocenters. The molecule has 3 fully saturated rings. The Kier molecular flexibility index (Phi) is 20.8. The van der Waals surface area contributed by atoms with Crippen molar-refractivity contribution in [3.05, 3.63) is 176 Å². The Bertz CT molecular complexity index is 2680. The molecule has 6 aromatic carbocycles. The number of carbonyl (C=O) groups excluding carboxylic acids is 5. The van der Waals surface area contributed by atoms with Gasteiger partial charge in [0, 0.05) is 76.3 Å². The minimum atomic E-state index is -0.381. The first-order chi connectivity index (χ1) is 35.4. The van der Waals surface area contributed by atoms with E-state index in [1.807, 2.05) is 155 Å². The van der Waals surface area contributed by atoms with Crippen molar-refractivity contribution >= 4 is 89.1 Å². The summed E-state index contributed by atoms with van der Waals surface area (Å²) in [5.41, 5.74) is 5.44. The molecule has 6 aromatic rings. The van der Waals surface area contributed by atoms with Crippen molar-refractivity contribution in [3.63, 3.8) is 0 Å². The zero-order valence-corrected chi connectivity index (χ0v) is 45.1. The third-order valence-corrected chi connectivity index (χ3v) is 13.7. The van der Waals surface area contributed by atoms with Gasteiger partial charge in [0.25, 0.3) is 0 Å². The summed E-state index contributed by atoms with van der Waals surface area (Å²) in [6.45, 7) is 4.11. The molecule has 0 radical (unpaired) electrons. The number of benzene rings is 6. The first-order valence-electron chi connectivity index (χ1n) is 23.0. The van der Waals surface area contributed by atoms with Crippen LogP contribution in [0.25, 0.3) is 0 Å². The topological polar surface area (TPSA) is 173 Å².